The molecule has 9 heteroatoms. The number of sulfonamides is 1. The molecule has 1 aliphatic rings. The predicted molar refractivity (Wildman–Crippen MR) is 78.5 cm³/mol. The standard InChI is InChI=1S/C12H15Cl2NO5S/c13-8-5-10(14)12(11(6-8)21(15,16)17)20-2-1-9-7-18-3-4-19-9/h5-6,9H,1-4,7H2,(H2,15,16,17). The molecule has 1 fully saturated rings. The first kappa shape index (κ1) is 16.8. The second-order valence-electron chi connectivity index (χ2n) is 4.46. The number of halogens is 2. The Bertz CT molecular complexity index is 602. The van der Waals surface area contributed by atoms with Gasteiger partial charge in [-0.3, -0.25) is 0 Å². The second kappa shape index (κ2) is 7.13. The lowest BCUT2D eigenvalue weighted by atomic mass is 10.2. The van der Waals surface area contributed by atoms with Gasteiger partial charge in [0.15, 0.2) is 5.75 Å². The van der Waals surface area contributed by atoms with Gasteiger partial charge in [-0.2, -0.15) is 0 Å². The molecule has 2 N–H and O–H groups in total. The van der Waals surface area contributed by atoms with Crippen LogP contribution in [-0.4, -0.2) is 40.9 Å². The summed E-state index contributed by atoms with van der Waals surface area (Å²) < 4.78 is 39.3. The maximum absolute atomic E-state index is 11.6. The SMILES string of the molecule is NS(=O)(=O)c1cc(Cl)cc(Cl)c1OCCC1COCCO1. The summed E-state index contributed by atoms with van der Waals surface area (Å²) in [7, 11) is -3.98. The van der Waals surface area contributed by atoms with Crippen molar-refractivity contribution in [2.24, 2.45) is 5.14 Å². The quantitative estimate of drug-likeness (QED) is 0.870. The van der Waals surface area contributed by atoms with Crippen LogP contribution >= 0.6 is 23.2 Å². The van der Waals surface area contributed by atoms with Crippen LogP contribution in [0.3, 0.4) is 0 Å². The van der Waals surface area contributed by atoms with E-state index in [1.54, 1.807) is 0 Å². The molecule has 0 radical (unpaired) electrons. The van der Waals surface area contributed by atoms with E-state index in [0.717, 1.165) is 0 Å². The summed E-state index contributed by atoms with van der Waals surface area (Å²) in [6.07, 6.45) is 0.464. The molecule has 2 rings (SSSR count). The molecule has 118 valence electrons. The van der Waals surface area contributed by atoms with Crippen molar-refractivity contribution in [1.82, 2.24) is 0 Å². The van der Waals surface area contributed by atoms with Crippen molar-refractivity contribution in [3.05, 3.63) is 22.2 Å². The minimum absolute atomic E-state index is 0.000273. The van der Waals surface area contributed by atoms with E-state index in [-0.39, 0.29) is 33.4 Å². The Hall–Kier alpha value is -0.570. The second-order valence-corrected chi connectivity index (χ2v) is 6.84. The lowest BCUT2D eigenvalue weighted by molar-refractivity contribution is -0.0935. The van der Waals surface area contributed by atoms with E-state index in [0.29, 0.717) is 26.2 Å². The fourth-order valence-electron chi connectivity index (χ4n) is 1.88. The summed E-state index contributed by atoms with van der Waals surface area (Å²) in [6, 6.07) is 2.60. The molecule has 1 aliphatic heterocycles. The molecule has 1 unspecified atom stereocenters. The van der Waals surface area contributed by atoms with Gasteiger partial charge in [0.2, 0.25) is 10.0 Å². The maximum Gasteiger partial charge on any atom is 0.241 e. The van der Waals surface area contributed by atoms with Crippen LogP contribution < -0.4 is 9.88 Å². The van der Waals surface area contributed by atoms with E-state index in [4.69, 9.17) is 42.6 Å². The number of rotatable bonds is 5. The van der Waals surface area contributed by atoms with Crippen LogP contribution in [0, 0.1) is 0 Å². The van der Waals surface area contributed by atoms with Crippen molar-refractivity contribution in [3.8, 4) is 5.75 Å². The van der Waals surface area contributed by atoms with Gasteiger partial charge in [-0.15, -0.1) is 0 Å². The molecule has 1 atom stereocenters. The van der Waals surface area contributed by atoms with Crippen molar-refractivity contribution in [3.63, 3.8) is 0 Å². The van der Waals surface area contributed by atoms with Crippen LogP contribution in [0.2, 0.25) is 10.0 Å². The van der Waals surface area contributed by atoms with Gasteiger partial charge in [-0.25, -0.2) is 13.6 Å². The zero-order valence-corrected chi connectivity index (χ0v) is 13.4. The minimum Gasteiger partial charge on any atom is -0.490 e. The predicted octanol–water partition coefficient (Wildman–Crippen LogP) is 1.83. The van der Waals surface area contributed by atoms with Gasteiger partial charge in [0.1, 0.15) is 4.90 Å². The molecule has 6 nitrogen and oxygen atoms in total. The van der Waals surface area contributed by atoms with Gasteiger partial charge in [-0.1, -0.05) is 23.2 Å². The molecule has 0 spiro atoms. The molecule has 1 saturated heterocycles. The number of nitrogens with two attached hydrogens (primary N) is 1. The summed E-state index contributed by atoms with van der Waals surface area (Å²) in [4.78, 5) is -0.235. The van der Waals surface area contributed by atoms with E-state index in [1.807, 2.05) is 0 Å². The first-order chi connectivity index (χ1) is 9.88. The van der Waals surface area contributed by atoms with Gasteiger partial charge < -0.3 is 14.2 Å². The van der Waals surface area contributed by atoms with Crippen molar-refractivity contribution in [2.75, 3.05) is 26.4 Å². The molecular formula is C12H15Cl2NO5S. The molecule has 1 aromatic carbocycles. The Morgan fingerprint density at radius 1 is 1.33 bits per heavy atom. The van der Waals surface area contributed by atoms with Crippen LogP contribution in [0.15, 0.2) is 17.0 Å². The van der Waals surface area contributed by atoms with Crippen LogP contribution in [0.4, 0.5) is 0 Å². The lowest BCUT2D eigenvalue weighted by Gasteiger charge is -2.23. The van der Waals surface area contributed by atoms with E-state index >= 15 is 0 Å². The van der Waals surface area contributed by atoms with Gasteiger partial charge in [-0.05, 0) is 12.1 Å². The van der Waals surface area contributed by atoms with Gasteiger partial charge in [0, 0.05) is 11.4 Å². The van der Waals surface area contributed by atoms with Gasteiger partial charge >= 0.3 is 0 Å². The Labute approximate surface area is 133 Å². The molecule has 1 heterocycles. The maximum atomic E-state index is 11.6. The van der Waals surface area contributed by atoms with Crippen molar-refractivity contribution in [2.45, 2.75) is 17.4 Å². The largest absolute Gasteiger partial charge is 0.490 e. The molecule has 0 saturated carbocycles. The van der Waals surface area contributed by atoms with Crippen LogP contribution in [0.25, 0.3) is 0 Å². The molecule has 21 heavy (non-hydrogen) atoms. The average molecular weight is 356 g/mol. The summed E-state index contributed by atoms with van der Waals surface area (Å²) in [5, 5.41) is 5.40. The summed E-state index contributed by atoms with van der Waals surface area (Å²) in [5.41, 5.74) is 0. The third-order valence-corrected chi connectivity index (χ3v) is 4.27. The molecule has 1 aromatic rings. The molecule has 0 bridgehead atoms. The average Bonchev–Trinajstić information content (AvgIpc) is 2.41. The Morgan fingerprint density at radius 3 is 2.71 bits per heavy atom. The highest BCUT2D eigenvalue weighted by molar-refractivity contribution is 7.89. The highest BCUT2D eigenvalue weighted by Gasteiger charge is 2.21. The molecule has 0 amide bonds. The first-order valence-corrected chi connectivity index (χ1v) is 8.52. The van der Waals surface area contributed by atoms with Crippen molar-refractivity contribution in [1.29, 1.82) is 0 Å². The summed E-state index contributed by atoms with van der Waals surface area (Å²) in [6.45, 7) is 1.82. The zero-order chi connectivity index (χ0) is 15.5. The van der Waals surface area contributed by atoms with E-state index in [1.165, 1.54) is 12.1 Å². The highest BCUT2D eigenvalue weighted by atomic mass is 35.5. The third-order valence-electron chi connectivity index (χ3n) is 2.85. The normalized spacial score (nSPS) is 19.5. The van der Waals surface area contributed by atoms with Crippen molar-refractivity contribution < 1.29 is 22.6 Å². The first-order valence-electron chi connectivity index (χ1n) is 6.22. The molecule has 0 aromatic heterocycles. The highest BCUT2D eigenvalue weighted by Crippen LogP contribution is 2.35. The Kier molecular flexibility index (Phi) is 5.70. The van der Waals surface area contributed by atoms with Crippen LogP contribution in [-0.2, 0) is 19.5 Å². The van der Waals surface area contributed by atoms with Crippen molar-refractivity contribution >= 4 is 33.2 Å². The van der Waals surface area contributed by atoms with E-state index < -0.39 is 10.0 Å². The fraction of sp³-hybridized carbons (Fsp3) is 0.500. The van der Waals surface area contributed by atoms with Crippen LogP contribution in [0.5, 0.6) is 5.75 Å². The number of primary sulfonamides is 1. The number of benzene rings is 1. The number of hydrogen-bond acceptors (Lipinski definition) is 5. The lowest BCUT2D eigenvalue weighted by Crippen LogP contribution is -2.30. The zero-order valence-electron chi connectivity index (χ0n) is 11.1. The number of hydrogen-bond donors (Lipinski definition) is 1. The van der Waals surface area contributed by atoms with E-state index in [9.17, 15) is 8.42 Å². The topological polar surface area (TPSA) is 87.9 Å². The third kappa shape index (κ3) is 4.70. The smallest absolute Gasteiger partial charge is 0.241 e. The van der Waals surface area contributed by atoms with Gasteiger partial charge in [0.05, 0.1) is 37.6 Å². The minimum atomic E-state index is -3.98. The summed E-state index contributed by atoms with van der Waals surface area (Å²) >= 11 is 11.8. The summed E-state index contributed by atoms with van der Waals surface area (Å²) in [5.74, 6) is 0.000273. The molecular weight excluding hydrogens is 341 g/mol. The Balaban J connectivity index is 2.08. The monoisotopic (exact) mass is 355 g/mol. The Morgan fingerprint density at radius 2 is 2.10 bits per heavy atom. The molecule has 0 aliphatic carbocycles. The van der Waals surface area contributed by atoms with E-state index in [2.05, 4.69) is 0 Å². The van der Waals surface area contributed by atoms with Crippen LogP contribution in [0.1, 0.15) is 6.42 Å². The number of ether oxygens (including phenoxy) is 3. The van der Waals surface area contributed by atoms with Gasteiger partial charge in [0.25, 0.3) is 0 Å². The fourth-order valence-corrected chi connectivity index (χ4v) is 3.27.